The Labute approximate surface area is 122 Å². The van der Waals surface area contributed by atoms with Gasteiger partial charge >= 0.3 is 5.69 Å². The first-order valence-corrected chi connectivity index (χ1v) is 6.96. The van der Waals surface area contributed by atoms with Gasteiger partial charge in [-0.2, -0.15) is 0 Å². The SMILES string of the molecule is CC1c2cc(C(C)(C)C)ccc2Oc2[nH]c(=O)[nH]c(=O)c21. The van der Waals surface area contributed by atoms with Crippen molar-refractivity contribution in [1.82, 2.24) is 9.97 Å². The highest BCUT2D eigenvalue weighted by molar-refractivity contribution is 5.51. The van der Waals surface area contributed by atoms with Crippen LogP contribution in [-0.2, 0) is 5.41 Å². The maximum absolute atomic E-state index is 12.0. The molecule has 0 fully saturated rings. The number of benzene rings is 1. The van der Waals surface area contributed by atoms with Crippen molar-refractivity contribution in [2.24, 2.45) is 0 Å². The first-order valence-electron chi connectivity index (χ1n) is 6.96. The average molecular weight is 286 g/mol. The van der Waals surface area contributed by atoms with Gasteiger partial charge in [-0.25, -0.2) is 4.79 Å². The van der Waals surface area contributed by atoms with Crippen LogP contribution in [0.15, 0.2) is 27.8 Å². The summed E-state index contributed by atoms with van der Waals surface area (Å²) in [6.07, 6.45) is 0. The maximum Gasteiger partial charge on any atom is 0.328 e. The van der Waals surface area contributed by atoms with Crippen molar-refractivity contribution in [2.75, 3.05) is 0 Å². The van der Waals surface area contributed by atoms with E-state index in [1.54, 1.807) is 0 Å². The Bertz CT molecular complexity index is 825. The first-order chi connectivity index (χ1) is 9.77. The van der Waals surface area contributed by atoms with Crippen molar-refractivity contribution in [3.63, 3.8) is 0 Å². The zero-order chi connectivity index (χ0) is 15.4. The summed E-state index contributed by atoms with van der Waals surface area (Å²) in [5.41, 5.74) is 1.68. The highest BCUT2D eigenvalue weighted by Gasteiger charge is 2.29. The van der Waals surface area contributed by atoms with Gasteiger partial charge in [0.15, 0.2) is 0 Å². The molecule has 2 heterocycles. The molecule has 0 saturated carbocycles. The molecule has 5 nitrogen and oxygen atoms in total. The van der Waals surface area contributed by atoms with Crippen LogP contribution in [0.2, 0.25) is 0 Å². The molecule has 1 aromatic heterocycles. The Kier molecular flexibility index (Phi) is 2.83. The average Bonchev–Trinajstić information content (AvgIpc) is 2.36. The van der Waals surface area contributed by atoms with Crippen LogP contribution in [0.3, 0.4) is 0 Å². The van der Waals surface area contributed by atoms with E-state index in [1.165, 1.54) is 5.56 Å². The third-order valence-corrected chi connectivity index (χ3v) is 3.93. The predicted octanol–water partition coefficient (Wildman–Crippen LogP) is 2.62. The molecule has 0 saturated heterocycles. The Balaban J connectivity index is 2.20. The normalized spacial score (nSPS) is 16.9. The van der Waals surface area contributed by atoms with Crippen LogP contribution in [0.5, 0.6) is 11.6 Å². The van der Waals surface area contributed by atoms with Gasteiger partial charge in [0.05, 0.1) is 5.56 Å². The van der Waals surface area contributed by atoms with E-state index < -0.39 is 11.2 Å². The molecular formula is C16H18N2O3. The summed E-state index contributed by atoms with van der Waals surface area (Å²) in [5, 5.41) is 0. The highest BCUT2D eigenvalue weighted by Crippen LogP contribution is 2.42. The number of aromatic nitrogens is 2. The molecule has 5 heteroatoms. The number of nitrogens with one attached hydrogen (secondary N) is 2. The van der Waals surface area contributed by atoms with E-state index >= 15 is 0 Å². The van der Waals surface area contributed by atoms with Crippen LogP contribution >= 0.6 is 0 Å². The van der Waals surface area contributed by atoms with Crippen LogP contribution in [-0.4, -0.2) is 9.97 Å². The minimum absolute atomic E-state index is 0.0203. The van der Waals surface area contributed by atoms with Crippen molar-refractivity contribution in [3.8, 4) is 11.6 Å². The van der Waals surface area contributed by atoms with Crippen molar-refractivity contribution in [1.29, 1.82) is 0 Å². The fourth-order valence-electron chi connectivity index (χ4n) is 2.66. The zero-order valence-electron chi connectivity index (χ0n) is 12.5. The summed E-state index contributed by atoms with van der Waals surface area (Å²) < 4.78 is 5.70. The molecule has 0 radical (unpaired) electrons. The first kappa shape index (κ1) is 13.7. The van der Waals surface area contributed by atoms with E-state index in [0.29, 0.717) is 11.3 Å². The molecule has 1 aliphatic heterocycles. The molecule has 0 amide bonds. The van der Waals surface area contributed by atoms with E-state index in [-0.39, 0.29) is 17.2 Å². The lowest BCUT2D eigenvalue weighted by Gasteiger charge is -2.27. The van der Waals surface area contributed by atoms with Crippen LogP contribution in [0.25, 0.3) is 0 Å². The number of fused-ring (bicyclic) bond motifs is 2. The van der Waals surface area contributed by atoms with Crippen molar-refractivity contribution in [3.05, 3.63) is 55.7 Å². The fourth-order valence-corrected chi connectivity index (χ4v) is 2.66. The quantitative estimate of drug-likeness (QED) is 0.781. The van der Waals surface area contributed by atoms with E-state index in [2.05, 4.69) is 36.8 Å². The van der Waals surface area contributed by atoms with Crippen LogP contribution < -0.4 is 16.0 Å². The summed E-state index contributed by atoms with van der Waals surface area (Å²) in [5.74, 6) is 0.795. The third kappa shape index (κ3) is 2.18. The molecule has 21 heavy (non-hydrogen) atoms. The highest BCUT2D eigenvalue weighted by atomic mass is 16.5. The number of ether oxygens (including phenoxy) is 1. The number of hydrogen-bond donors (Lipinski definition) is 2. The van der Waals surface area contributed by atoms with Gasteiger partial charge in [0.1, 0.15) is 5.75 Å². The minimum atomic E-state index is -0.555. The lowest BCUT2D eigenvalue weighted by molar-refractivity contribution is 0.423. The number of hydrogen-bond acceptors (Lipinski definition) is 3. The van der Waals surface area contributed by atoms with Gasteiger partial charge in [-0.3, -0.25) is 14.8 Å². The second kappa shape index (κ2) is 4.35. The molecule has 3 rings (SSSR count). The van der Waals surface area contributed by atoms with Gasteiger partial charge in [0.25, 0.3) is 5.56 Å². The Hall–Kier alpha value is -2.30. The summed E-state index contributed by atoms with van der Waals surface area (Å²) in [7, 11) is 0. The molecule has 0 bridgehead atoms. The van der Waals surface area contributed by atoms with Crippen LogP contribution in [0.1, 0.15) is 50.3 Å². The molecule has 2 aromatic rings. The molecule has 1 unspecified atom stereocenters. The van der Waals surface area contributed by atoms with E-state index in [4.69, 9.17) is 4.74 Å². The van der Waals surface area contributed by atoms with Gasteiger partial charge in [-0.15, -0.1) is 0 Å². The molecule has 1 atom stereocenters. The molecule has 2 N–H and O–H groups in total. The Morgan fingerprint density at radius 3 is 2.52 bits per heavy atom. The predicted molar refractivity (Wildman–Crippen MR) is 80.4 cm³/mol. The Morgan fingerprint density at radius 2 is 1.86 bits per heavy atom. The standard InChI is InChI=1S/C16H18N2O3/c1-8-10-7-9(16(2,3)4)5-6-11(10)21-14-12(8)13(19)17-15(20)18-14/h5-8H,1-4H3,(H2,17,18,19,20). The number of aromatic amines is 2. The summed E-state index contributed by atoms with van der Waals surface area (Å²) in [6, 6.07) is 5.99. The fraction of sp³-hybridized carbons (Fsp3) is 0.375. The van der Waals surface area contributed by atoms with Crippen LogP contribution in [0.4, 0.5) is 0 Å². The molecule has 0 spiro atoms. The Morgan fingerprint density at radius 1 is 1.14 bits per heavy atom. The largest absolute Gasteiger partial charge is 0.440 e. The molecule has 1 aliphatic rings. The van der Waals surface area contributed by atoms with Crippen LogP contribution in [0, 0.1) is 0 Å². The lowest BCUT2D eigenvalue weighted by Crippen LogP contribution is -2.29. The smallest absolute Gasteiger partial charge is 0.328 e. The lowest BCUT2D eigenvalue weighted by atomic mass is 9.83. The topological polar surface area (TPSA) is 75.0 Å². The molecule has 1 aromatic carbocycles. The van der Waals surface area contributed by atoms with E-state index in [0.717, 1.165) is 5.56 Å². The zero-order valence-corrected chi connectivity index (χ0v) is 12.5. The van der Waals surface area contributed by atoms with Gasteiger partial charge in [-0.05, 0) is 17.0 Å². The summed E-state index contributed by atoms with van der Waals surface area (Å²) >= 11 is 0. The van der Waals surface area contributed by atoms with Crippen molar-refractivity contribution >= 4 is 0 Å². The second-order valence-corrected chi connectivity index (χ2v) is 6.48. The number of H-pyrrole nitrogens is 2. The summed E-state index contributed by atoms with van der Waals surface area (Å²) in [4.78, 5) is 28.2. The monoisotopic (exact) mass is 286 g/mol. The second-order valence-electron chi connectivity index (χ2n) is 6.48. The third-order valence-electron chi connectivity index (χ3n) is 3.93. The minimum Gasteiger partial charge on any atom is -0.440 e. The van der Waals surface area contributed by atoms with Gasteiger partial charge in [0.2, 0.25) is 5.88 Å². The van der Waals surface area contributed by atoms with E-state index in [1.807, 2.05) is 19.1 Å². The van der Waals surface area contributed by atoms with Gasteiger partial charge in [-0.1, -0.05) is 39.8 Å². The maximum atomic E-state index is 12.0. The van der Waals surface area contributed by atoms with Crippen molar-refractivity contribution in [2.45, 2.75) is 39.0 Å². The molecular weight excluding hydrogens is 268 g/mol. The van der Waals surface area contributed by atoms with Crippen molar-refractivity contribution < 1.29 is 4.74 Å². The molecule has 110 valence electrons. The summed E-state index contributed by atoms with van der Waals surface area (Å²) in [6.45, 7) is 8.37. The number of rotatable bonds is 0. The van der Waals surface area contributed by atoms with Gasteiger partial charge < -0.3 is 4.74 Å². The van der Waals surface area contributed by atoms with Gasteiger partial charge in [0, 0.05) is 11.5 Å². The van der Waals surface area contributed by atoms with E-state index in [9.17, 15) is 9.59 Å². The molecule has 0 aliphatic carbocycles.